The Morgan fingerprint density at radius 3 is 2.72 bits per heavy atom. The molecule has 1 heterocycles. The molecule has 0 saturated heterocycles. The van der Waals surface area contributed by atoms with Gasteiger partial charge in [0.05, 0.1) is 25.5 Å². The second-order valence-electron chi connectivity index (χ2n) is 4.33. The SMILES string of the molecule is COC(=O)CC1CN(S(C)(=O)=O)c2ccccc21. The lowest BCUT2D eigenvalue weighted by atomic mass is 9.98. The van der Waals surface area contributed by atoms with Crippen molar-refractivity contribution in [3.63, 3.8) is 0 Å². The highest BCUT2D eigenvalue weighted by atomic mass is 32.2. The summed E-state index contributed by atoms with van der Waals surface area (Å²) in [5.41, 5.74) is 1.54. The predicted octanol–water partition coefficient (Wildman–Crippen LogP) is 1.11. The van der Waals surface area contributed by atoms with Gasteiger partial charge < -0.3 is 4.74 Å². The first-order valence-electron chi connectivity index (χ1n) is 5.57. The number of ether oxygens (including phenoxy) is 1. The van der Waals surface area contributed by atoms with Gasteiger partial charge in [-0.15, -0.1) is 0 Å². The number of carbonyl (C=O) groups excluding carboxylic acids is 1. The smallest absolute Gasteiger partial charge is 0.306 e. The topological polar surface area (TPSA) is 63.7 Å². The molecular weight excluding hydrogens is 254 g/mol. The van der Waals surface area contributed by atoms with E-state index in [2.05, 4.69) is 4.74 Å². The summed E-state index contributed by atoms with van der Waals surface area (Å²) < 4.78 is 29.4. The third-order valence-corrected chi connectivity index (χ3v) is 4.22. The van der Waals surface area contributed by atoms with Gasteiger partial charge in [0.15, 0.2) is 0 Å². The lowest BCUT2D eigenvalue weighted by Crippen LogP contribution is -2.29. The van der Waals surface area contributed by atoms with Crippen molar-refractivity contribution in [1.29, 1.82) is 0 Å². The Kier molecular flexibility index (Phi) is 3.30. The van der Waals surface area contributed by atoms with Crippen LogP contribution in [0.15, 0.2) is 24.3 Å². The maximum atomic E-state index is 11.7. The summed E-state index contributed by atoms with van der Waals surface area (Å²) in [5, 5.41) is 0. The van der Waals surface area contributed by atoms with E-state index in [1.165, 1.54) is 17.7 Å². The minimum Gasteiger partial charge on any atom is -0.469 e. The first-order valence-corrected chi connectivity index (χ1v) is 7.41. The summed E-state index contributed by atoms with van der Waals surface area (Å²) in [6.07, 6.45) is 1.36. The van der Waals surface area contributed by atoms with Crippen LogP contribution < -0.4 is 4.31 Å². The van der Waals surface area contributed by atoms with Crippen molar-refractivity contribution in [2.45, 2.75) is 12.3 Å². The van der Waals surface area contributed by atoms with E-state index in [0.29, 0.717) is 12.2 Å². The van der Waals surface area contributed by atoms with Gasteiger partial charge in [0.25, 0.3) is 0 Å². The van der Waals surface area contributed by atoms with Crippen LogP contribution in [0.25, 0.3) is 0 Å². The van der Waals surface area contributed by atoms with E-state index in [1.54, 1.807) is 12.1 Å². The quantitative estimate of drug-likeness (QED) is 0.771. The molecule has 0 bridgehead atoms. The summed E-state index contributed by atoms with van der Waals surface area (Å²) in [7, 11) is -1.98. The summed E-state index contributed by atoms with van der Waals surface area (Å²) >= 11 is 0. The van der Waals surface area contributed by atoms with Crippen LogP contribution in [0.5, 0.6) is 0 Å². The number of para-hydroxylation sites is 1. The van der Waals surface area contributed by atoms with Gasteiger partial charge in [-0.1, -0.05) is 18.2 Å². The van der Waals surface area contributed by atoms with Crippen molar-refractivity contribution < 1.29 is 17.9 Å². The van der Waals surface area contributed by atoms with Gasteiger partial charge in [-0.25, -0.2) is 8.42 Å². The first-order chi connectivity index (χ1) is 8.43. The number of anilines is 1. The van der Waals surface area contributed by atoms with Crippen LogP contribution in [-0.4, -0.2) is 34.3 Å². The molecule has 0 amide bonds. The highest BCUT2D eigenvalue weighted by Gasteiger charge is 2.34. The number of hydrogen-bond donors (Lipinski definition) is 0. The van der Waals surface area contributed by atoms with Gasteiger partial charge in [0, 0.05) is 12.5 Å². The molecule has 2 rings (SSSR count). The Hall–Kier alpha value is -1.56. The van der Waals surface area contributed by atoms with Crippen molar-refractivity contribution >= 4 is 21.7 Å². The van der Waals surface area contributed by atoms with Crippen LogP contribution in [-0.2, 0) is 19.6 Å². The molecule has 5 nitrogen and oxygen atoms in total. The largest absolute Gasteiger partial charge is 0.469 e. The number of nitrogens with zero attached hydrogens (tertiary/aromatic N) is 1. The monoisotopic (exact) mass is 269 g/mol. The van der Waals surface area contributed by atoms with E-state index in [4.69, 9.17) is 0 Å². The molecule has 0 radical (unpaired) electrons. The molecule has 98 valence electrons. The van der Waals surface area contributed by atoms with Crippen LogP contribution in [0.3, 0.4) is 0 Å². The van der Waals surface area contributed by atoms with Crippen molar-refractivity contribution in [2.24, 2.45) is 0 Å². The molecule has 0 spiro atoms. The lowest BCUT2D eigenvalue weighted by Gasteiger charge is -2.16. The van der Waals surface area contributed by atoms with E-state index in [1.807, 2.05) is 12.1 Å². The molecule has 1 aromatic carbocycles. The second-order valence-corrected chi connectivity index (χ2v) is 6.24. The van der Waals surface area contributed by atoms with Gasteiger partial charge in [-0.3, -0.25) is 9.10 Å². The molecule has 0 aromatic heterocycles. The maximum Gasteiger partial charge on any atom is 0.306 e. The number of fused-ring (bicyclic) bond motifs is 1. The molecule has 1 unspecified atom stereocenters. The Labute approximate surface area is 106 Å². The highest BCUT2D eigenvalue weighted by Crippen LogP contribution is 2.39. The molecular formula is C12H15NO4S. The van der Waals surface area contributed by atoms with E-state index in [9.17, 15) is 13.2 Å². The standard InChI is InChI=1S/C12H15NO4S/c1-17-12(14)7-9-8-13(18(2,15)16)11-6-4-3-5-10(9)11/h3-6,9H,7-8H2,1-2H3. The molecule has 1 aromatic rings. The fourth-order valence-corrected chi connectivity index (χ4v) is 3.20. The van der Waals surface area contributed by atoms with Crippen LogP contribution in [0.1, 0.15) is 17.9 Å². The van der Waals surface area contributed by atoms with E-state index >= 15 is 0 Å². The third kappa shape index (κ3) is 2.33. The van der Waals surface area contributed by atoms with Gasteiger partial charge >= 0.3 is 5.97 Å². The number of sulfonamides is 1. The highest BCUT2D eigenvalue weighted by molar-refractivity contribution is 7.92. The zero-order valence-corrected chi connectivity index (χ0v) is 11.1. The molecule has 1 aliphatic heterocycles. The second kappa shape index (κ2) is 4.61. The predicted molar refractivity (Wildman–Crippen MR) is 68.0 cm³/mol. The molecule has 18 heavy (non-hydrogen) atoms. The number of esters is 1. The van der Waals surface area contributed by atoms with Crippen LogP contribution in [0.2, 0.25) is 0 Å². The molecule has 0 N–H and O–H groups in total. The summed E-state index contributed by atoms with van der Waals surface area (Å²) in [4.78, 5) is 11.3. The number of methoxy groups -OCH3 is 1. The third-order valence-electron chi connectivity index (χ3n) is 3.07. The zero-order chi connectivity index (χ0) is 13.3. The molecule has 1 aliphatic rings. The van der Waals surface area contributed by atoms with Crippen molar-refractivity contribution in [3.8, 4) is 0 Å². The first kappa shape index (κ1) is 12.9. The fraction of sp³-hybridized carbons (Fsp3) is 0.417. The van der Waals surface area contributed by atoms with Gasteiger partial charge in [0.1, 0.15) is 0 Å². The lowest BCUT2D eigenvalue weighted by molar-refractivity contribution is -0.140. The molecule has 0 saturated carbocycles. The normalized spacial score (nSPS) is 18.6. The fourth-order valence-electron chi connectivity index (χ4n) is 2.23. The Morgan fingerprint density at radius 2 is 2.11 bits per heavy atom. The maximum absolute atomic E-state index is 11.7. The van der Waals surface area contributed by atoms with E-state index < -0.39 is 10.0 Å². The van der Waals surface area contributed by atoms with Crippen molar-refractivity contribution in [3.05, 3.63) is 29.8 Å². The minimum absolute atomic E-state index is 0.136. The van der Waals surface area contributed by atoms with Crippen molar-refractivity contribution in [2.75, 3.05) is 24.2 Å². The molecule has 1 atom stereocenters. The average molecular weight is 269 g/mol. The number of carbonyl (C=O) groups is 1. The van der Waals surface area contributed by atoms with Crippen molar-refractivity contribution in [1.82, 2.24) is 0 Å². The van der Waals surface area contributed by atoms with Gasteiger partial charge in [0.2, 0.25) is 10.0 Å². The van der Waals surface area contributed by atoms with E-state index in [-0.39, 0.29) is 18.3 Å². The Bertz CT molecular complexity index is 567. The van der Waals surface area contributed by atoms with Crippen LogP contribution in [0, 0.1) is 0 Å². The Morgan fingerprint density at radius 1 is 1.44 bits per heavy atom. The zero-order valence-electron chi connectivity index (χ0n) is 10.3. The Balaban J connectivity index is 2.36. The number of benzene rings is 1. The average Bonchev–Trinajstić information content (AvgIpc) is 2.68. The number of hydrogen-bond acceptors (Lipinski definition) is 4. The minimum atomic E-state index is -3.31. The summed E-state index contributed by atoms with van der Waals surface area (Å²) in [5.74, 6) is -0.464. The van der Waals surface area contributed by atoms with E-state index in [0.717, 1.165) is 5.56 Å². The van der Waals surface area contributed by atoms with Crippen LogP contribution in [0.4, 0.5) is 5.69 Å². The molecule has 0 fully saturated rings. The molecule has 6 heteroatoms. The summed E-state index contributed by atoms with van der Waals surface area (Å²) in [6, 6.07) is 7.24. The van der Waals surface area contributed by atoms with Crippen LogP contribution >= 0.6 is 0 Å². The number of rotatable bonds is 3. The van der Waals surface area contributed by atoms with Gasteiger partial charge in [-0.2, -0.15) is 0 Å². The molecule has 0 aliphatic carbocycles. The summed E-state index contributed by atoms with van der Waals surface area (Å²) in [6.45, 7) is 0.299. The van der Waals surface area contributed by atoms with Gasteiger partial charge in [-0.05, 0) is 11.6 Å².